The Morgan fingerprint density at radius 1 is 0.806 bits per heavy atom. The molecule has 2 unspecified atom stereocenters. The van der Waals surface area contributed by atoms with Crippen molar-refractivity contribution in [3.63, 3.8) is 0 Å². The van der Waals surface area contributed by atoms with E-state index in [4.69, 9.17) is 0 Å². The number of rotatable bonds is 4. The minimum atomic E-state index is -0.247. The molecule has 3 aromatic rings. The first-order valence-electron chi connectivity index (χ1n) is 11.1. The number of benzene rings is 3. The fourth-order valence-corrected chi connectivity index (χ4v) is 5.76. The van der Waals surface area contributed by atoms with Gasteiger partial charge in [0.15, 0.2) is 0 Å². The van der Waals surface area contributed by atoms with Gasteiger partial charge in [0.1, 0.15) is 5.78 Å². The van der Waals surface area contributed by atoms with Crippen LogP contribution in [0.1, 0.15) is 29.5 Å². The van der Waals surface area contributed by atoms with Gasteiger partial charge in [-0.15, -0.1) is 0 Å². The third kappa shape index (κ3) is 3.48. The molecule has 0 radical (unpaired) electrons. The Morgan fingerprint density at radius 2 is 1.35 bits per heavy atom. The number of fused-ring (bicyclic) bond motifs is 1. The van der Waals surface area contributed by atoms with Crippen LogP contribution in [0.3, 0.4) is 0 Å². The molecule has 1 saturated heterocycles. The van der Waals surface area contributed by atoms with Crippen molar-refractivity contribution in [2.45, 2.75) is 24.7 Å². The smallest absolute Gasteiger partial charge is 0.227 e. The van der Waals surface area contributed by atoms with Gasteiger partial charge in [-0.2, -0.15) is 0 Å². The highest BCUT2D eigenvalue weighted by Crippen LogP contribution is 2.52. The second-order valence-electron chi connectivity index (χ2n) is 8.84. The van der Waals surface area contributed by atoms with Gasteiger partial charge >= 0.3 is 0 Å². The number of ketones is 1. The molecule has 2 aliphatic rings. The first kappa shape index (κ1) is 19.7. The average Bonchev–Trinajstić information content (AvgIpc) is 3.29. The molecule has 3 nitrogen and oxygen atoms in total. The first-order valence-corrected chi connectivity index (χ1v) is 11.1. The van der Waals surface area contributed by atoms with Crippen LogP contribution < -0.4 is 0 Å². The lowest BCUT2D eigenvalue weighted by Crippen LogP contribution is -2.47. The zero-order valence-corrected chi connectivity index (χ0v) is 17.6. The van der Waals surface area contributed by atoms with Crippen LogP contribution in [-0.2, 0) is 21.4 Å². The van der Waals surface area contributed by atoms with Gasteiger partial charge in [-0.25, -0.2) is 0 Å². The van der Waals surface area contributed by atoms with Crippen molar-refractivity contribution in [1.82, 2.24) is 4.90 Å². The van der Waals surface area contributed by atoms with Crippen LogP contribution in [0.2, 0.25) is 0 Å². The molecule has 3 aromatic carbocycles. The molecule has 0 N–H and O–H groups in total. The Bertz CT molecular complexity index is 1020. The van der Waals surface area contributed by atoms with E-state index in [1.54, 1.807) is 0 Å². The molecule has 1 amide bonds. The Labute approximate surface area is 183 Å². The molecule has 31 heavy (non-hydrogen) atoms. The van der Waals surface area contributed by atoms with E-state index in [2.05, 4.69) is 48.5 Å². The quantitative estimate of drug-likeness (QED) is 0.629. The molecule has 156 valence electrons. The molecule has 0 spiro atoms. The maximum Gasteiger partial charge on any atom is 0.227 e. The van der Waals surface area contributed by atoms with Gasteiger partial charge in [0.2, 0.25) is 5.91 Å². The van der Waals surface area contributed by atoms with E-state index >= 15 is 0 Å². The number of likely N-dealkylation sites (tertiary alicyclic amines) is 1. The van der Waals surface area contributed by atoms with Crippen molar-refractivity contribution in [3.05, 3.63) is 108 Å². The normalized spacial score (nSPS) is 22.2. The third-order valence-electron chi connectivity index (χ3n) is 7.26. The molecule has 0 bridgehead atoms. The molecule has 0 aromatic heterocycles. The molecule has 2 fully saturated rings. The maximum atomic E-state index is 13.2. The molecule has 5 rings (SSSR count). The summed E-state index contributed by atoms with van der Waals surface area (Å²) in [6, 6.07) is 31.0. The van der Waals surface area contributed by atoms with E-state index in [0.717, 1.165) is 12.0 Å². The Kier molecular flexibility index (Phi) is 5.19. The zero-order valence-electron chi connectivity index (χ0n) is 17.6. The minimum absolute atomic E-state index is 0.0956. The maximum absolute atomic E-state index is 13.2. The Morgan fingerprint density at radius 3 is 1.94 bits per heavy atom. The van der Waals surface area contributed by atoms with Crippen molar-refractivity contribution in [3.8, 4) is 0 Å². The molecule has 2 atom stereocenters. The summed E-state index contributed by atoms with van der Waals surface area (Å²) < 4.78 is 0. The fourth-order valence-electron chi connectivity index (χ4n) is 5.76. The van der Waals surface area contributed by atoms with Crippen molar-refractivity contribution < 1.29 is 9.59 Å². The van der Waals surface area contributed by atoms with Crippen LogP contribution in [-0.4, -0.2) is 29.7 Å². The first-order chi connectivity index (χ1) is 15.2. The SMILES string of the molecule is O=C1CCC(c2ccccc2)(c2ccccc2)C2CN(C(=O)Cc3ccccc3)CC12. The van der Waals surface area contributed by atoms with Crippen LogP contribution in [0.5, 0.6) is 0 Å². The fraction of sp³-hybridized carbons (Fsp3) is 0.286. The molecule has 1 saturated carbocycles. The lowest BCUT2D eigenvalue weighted by molar-refractivity contribution is -0.129. The van der Waals surface area contributed by atoms with E-state index in [-0.39, 0.29) is 23.2 Å². The van der Waals surface area contributed by atoms with Gasteiger partial charge in [0.05, 0.1) is 6.42 Å². The van der Waals surface area contributed by atoms with Gasteiger partial charge in [-0.1, -0.05) is 91.0 Å². The number of hydrogen-bond donors (Lipinski definition) is 0. The summed E-state index contributed by atoms with van der Waals surface area (Å²) in [5.74, 6) is 0.415. The summed E-state index contributed by atoms with van der Waals surface area (Å²) in [5, 5.41) is 0. The second-order valence-corrected chi connectivity index (χ2v) is 8.84. The average molecular weight is 410 g/mol. The van der Waals surface area contributed by atoms with Crippen molar-refractivity contribution in [1.29, 1.82) is 0 Å². The topological polar surface area (TPSA) is 37.4 Å². The van der Waals surface area contributed by atoms with Crippen LogP contribution in [0, 0.1) is 11.8 Å². The predicted molar refractivity (Wildman–Crippen MR) is 122 cm³/mol. The number of nitrogens with zero attached hydrogens (tertiary/aromatic N) is 1. The molecular formula is C28H27NO2. The van der Waals surface area contributed by atoms with Crippen LogP contribution in [0.4, 0.5) is 0 Å². The molecule has 1 heterocycles. The summed E-state index contributed by atoms with van der Waals surface area (Å²) in [7, 11) is 0. The van der Waals surface area contributed by atoms with Gasteiger partial charge < -0.3 is 4.90 Å². The monoisotopic (exact) mass is 409 g/mol. The largest absolute Gasteiger partial charge is 0.341 e. The van der Waals surface area contributed by atoms with Crippen molar-refractivity contribution in [2.75, 3.05) is 13.1 Å². The number of hydrogen-bond acceptors (Lipinski definition) is 2. The van der Waals surface area contributed by atoms with E-state index < -0.39 is 0 Å². The summed E-state index contributed by atoms with van der Waals surface area (Å²) in [4.78, 5) is 28.1. The standard InChI is InChI=1S/C28H27NO2/c30-26-16-17-28(22-12-6-2-7-13-22,23-14-8-3-9-15-23)25-20-29(19-24(25)26)27(31)18-21-10-4-1-5-11-21/h1-15,24-25H,16-20H2. The van der Waals surface area contributed by atoms with Gasteiger partial charge in [-0.05, 0) is 23.1 Å². The highest BCUT2D eigenvalue weighted by molar-refractivity contribution is 5.86. The molecule has 1 aliphatic heterocycles. The molecular weight excluding hydrogens is 382 g/mol. The van der Waals surface area contributed by atoms with Gasteiger partial charge in [-0.3, -0.25) is 9.59 Å². The molecule has 3 heteroatoms. The molecule has 1 aliphatic carbocycles. The van der Waals surface area contributed by atoms with E-state index in [9.17, 15) is 9.59 Å². The van der Waals surface area contributed by atoms with Crippen molar-refractivity contribution >= 4 is 11.7 Å². The third-order valence-corrected chi connectivity index (χ3v) is 7.26. The highest BCUT2D eigenvalue weighted by Gasteiger charge is 2.55. The van der Waals surface area contributed by atoms with Crippen LogP contribution in [0.15, 0.2) is 91.0 Å². The summed E-state index contributed by atoms with van der Waals surface area (Å²) in [6.07, 6.45) is 1.74. The summed E-state index contributed by atoms with van der Waals surface area (Å²) >= 11 is 0. The van der Waals surface area contributed by atoms with Crippen LogP contribution in [0.25, 0.3) is 0 Å². The zero-order chi connectivity index (χ0) is 21.3. The Hall–Kier alpha value is -3.20. The van der Waals surface area contributed by atoms with Gasteiger partial charge in [0, 0.05) is 36.8 Å². The minimum Gasteiger partial charge on any atom is -0.341 e. The highest BCUT2D eigenvalue weighted by atomic mass is 16.2. The van der Waals surface area contributed by atoms with Gasteiger partial charge in [0.25, 0.3) is 0 Å². The van der Waals surface area contributed by atoms with E-state index in [1.165, 1.54) is 11.1 Å². The number of Topliss-reactive ketones (excluding diaryl/α,β-unsaturated/α-hetero) is 1. The van der Waals surface area contributed by atoms with Crippen molar-refractivity contribution in [2.24, 2.45) is 11.8 Å². The predicted octanol–water partition coefficient (Wildman–Crippen LogP) is 4.65. The second kappa shape index (κ2) is 8.14. The lowest BCUT2D eigenvalue weighted by Gasteiger charge is -2.45. The van der Waals surface area contributed by atoms with E-state index in [0.29, 0.717) is 31.7 Å². The number of amides is 1. The van der Waals surface area contributed by atoms with Crippen LogP contribution >= 0.6 is 0 Å². The lowest BCUT2D eigenvalue weighted by atomic mass is 9.56. The summed E-state index contributed by atoms with van der Waals surface area (Å²) in [5.41, 5.74) is 3.27. The number of carbonyl (C=O) groups excluding carboxylic acids is 2. The Balaban J connectivity index is 1.52. The summed E-state index contributed by atoms with van der Waals surface area (Å²) in [6.45, 7) is 1.17. The van der Waals surface area contributed by atoms with E-state index in [1.807, 2.05) is 47.4 Å². The number of carbonyl (C=O) groups is 2.